The zero-order valence-corrected chi connectivity index (χ0v) is 15.9. The predicted octanol–water partition coefficient (Wildman–Crippen LogP) is 2.99. The highest BCUT2D eigenvalue weighted by Crippen LogP contribution is 2.15. The lowest BCUT2D eigenvalue weighted by Gasteiger charge is -2.11. The van der Waals surface area contributed by atoms with Crippen LogP contribution in [-0.2, 0) is 4.74 Å². The van der Waals surface area contributed by atoms with E-state index < -0.39 is 0 Å². The molecule has 1 aromatic rings. The second-order valence-electron chi connectivity index (χ2n) is 4.20. The van der Waals surface area contributed by atoms with Crippen LogP contribution in [0.3, 0.4) is 0 Å². The van der Waals surface area contributed by atoms with Crippen LogP contribution in [-0.4, -0.2) is 45.1 Å². The van der Waals surface area contributed by atoms with E-state index in [9.17, 15) is 0 Å². The molecular formula is C15H26IN3OS. The number of methoxy groups -OCH3 is 1. The van der Waals surface area contributed by atoms with Gasteiger partial charge in [0, 0.05) is 44.0 Å². The number of aliphatic imine (C=N–C) groups is 1. The molecule has 0 fully saturated rings. The largest absolute Gasteiger partial charge is 0.385 e. The van der Waals surface area contributed by atoms with Crippen LogP contribution >= 0.6 is 35.7 Å². The van der Waals surface area contributed by atoms with Crippen LogP contribution in [0.15, 0.2) is 40.2 Å². The Hall–Kier alpha value is -0.470. The Morgan fingerprint density at radius 1 is 1.24 bits per heavy atom. The quantitative estimate of drug-likeness (QED) is 0.211. The zero-order chi connectivity index (χ0) is 14.5. The molecule has 21 heavy (non-hydrogen) atoms. The van der Waals surface area contributed by atoms with Gasteiger partial charge in [-0.15, -0.1) is 35.7 Å². The van der Waals surface area contributed by atoms with Crippen LogP contribution in [0.4, 0.5) is 0 Å². The summed E-state index contributed by atoms with van der Waals surface area (Å²) in [5.74, 6) is 1.91. The van der Waals surface area contributed by atoms with E-state index in [1.165, 1.54) is 4.90 Å². The van der Waals surface area contributed by atoms with E-state index in [1.54, 1.807) is 7.11 Å². The molecule has 120 valence electrons. The van der Waals surface area contributed by atoms with Crippen molar-refractivity contribution in [1.29, 1.82) is 0 Å². The van der Waals surface area contributed by atoms with Gasteiger partial charge in [0.25, 0.3) is 0 Å². The maximum absolute atomic E-state index is 5.02. The summed E-state index contributed by atoms with van der Waals surface area (Å²) < 4.78 is 5.02. The monoisotopic (exact) mass is 423 g/mol. The number of rotatable bonds is 9. The molecule has 0 saturated heterocycles. The molecule has 6 heteroatoms. The van der Waals surface area contributed by atoms with Gasteiger partial charge in [-0.3, -0.25) is 4.99 Å². The van der Waals surface area contributed by atoms with Crippen LogP contribution in [0.25, 0.3) is 0 Å². The summed E-state index contributed by atoms with van der Waals surface area (Å²) in [6, 6.07) is 10.4. The molecule has 0 aliphatic rings. The lowest BCUT2D eigenvalue weighted by molar-refractivity contribution is 0.197. The lowest BCUT2D eigenvalue weighted by atomic mass is 10.4. The number of nitrogens with one attached hydrogen (secondary N) is 2. The summed E-state index contributed by atoms with van der Waals surface area (Å²) in [7, 11) is 1.72. The number of nitrogens with zero attached hydrogens (tertiary/aromatic N) is 1. The lowest BCUT2D eigenvalue weighted by Crippen LogP contribution is -2.38. The highest BCUT2D eigenvalue weighted by molar-refractivity contribution is 14.0. The fourth-order valence-corrected chi connectivity index (χ4v) is 2.39. The average molecular weight is 423 g/mol. The van der Waals surface area contributed by atoms with E-state index in [0.29, 0.717) is 0 Å². The number of benzene rings is 1. The summed E-state index contributed by atoms with van der Waals surface area (Å²) in [5.41, 5.74) is 0. The molecular weight excluding hydrogens is 397 g/mol. The van der Waals surface area contributed by atoms with Gasteiger partial charge in [-0.05, 0) is 25.5 Å². The van der Waals surface area contributed by atoms with Crippen molar-refractivity contribution in [2.24, 2.45) is 4.99 Å². The molecule has 0 atom stereocenters. The molecule has 0 amide bonds. The van der Waals surface area contributed by atoms with Crippen LogP contribution < -0.4 is 10.6 Å². The first-order valence-corrected chi connectivity index (χ1v) is 8.04. The topological polar surface area (TPSA) is 45.7 Å². The normalized spacial score (nSPS) is 10.9. The third-order valence-electron chi connectivity index (χ3n) is 2.53. The van der Waals surface area contributed by atoms with Crippen molar-refractivity contribution in [2.75, 3.05) is 39.1 Å². The van der Waals surface area contributed by atoms with Gasteiger partial charge in [0.15, 0.2) is 5.96 Å². The predicted molar refractivity (Wildman–Crippen MR) is 103 cm³/mol. The minimum Gasteiger partial charge on any atom is -0.385 e. The van der Waals surface area contributed by atoms with Crippen molar-refractivity contribution in [3.63, 3.8) is 0 Å². The number of guanidine groups is 1. The molecule has 1 rings (SSSR count). The van der Waals surface area contributed by atoms with Gasteiger partial charge in [0.2, 0.25) is 0 Å². The van der Waals surface area contributed by atoms with Gasteiger partial charge >= 0.3 is 0 Å². The molecule has 0 aliphatic heterocycles. The van der Waals surface area contributed by atoms with Gasteiger partial charge in [0.05, 0.1) is 0 Å². The maximum Gasteiger partial charge on any atom is 0.191 e. The van der Waals surface area contributed by atoms with E-state index >= 15 is 0 Å². The van der Waals surface area contributed by atoms with Gasteiger partial charge < -0.3 is 15.4 Å². The van der Waals surface area contributed by atoms with Crippen molar-refractivity contribution in [3.05, 3.63) is 30.3 Å². The molecule has 0 radical (unpaired) electrons. The summed E-state index contributed by atoms with van der Waals surface area (Å²) in [5, 5.41) is 6.59. The number of thioether (sulfide) groups is 1. The summed E-state index contributed by atoms with van der Waals surface area (Å²) in [4.78, 5) is 5.80. The van der Waals surface area contributed by atoms with Gasteiger partial charge in [0.1, 0.15) is 0 Å². The Labute approximate surface area is 149 Å². The van der Waals surface area contributed by atoms with Crippen molar-refractivity contribution in [1.82, 2.24) is 10.6 Å². The molecule has 2 N–H and O–H groups in total. The van der Waals surface area contributed by atoms with E-state index in [1.807, 2.05) is 17.8 Å². The smallest absolute Gasteiger partial charge is 0.191 e. The van der Waals surface area contributed by atoms with E-state index in [0.717, 1.165) is 44.4 Å². The van der Waals surface area contributed by atoms with Crippen molar-refractivity contribution >= 4 is 41.7 Å². The summed E-state index contributed by atoms with van der Waals surface area (Å²) >= 11 is 1.85. The maximum atomic E-state index is 5.02. The van der Waals surface area contributed by atoms with E-state index in [-0.39, 0.29) is 24.0 Å². The Bertz CT molecular complexity index is 376. The molecule has 0 spiro atoms. The molecule has 1 aromatic carbocycles. The Kier molecular flexibility index (Phi) is 14.1. The van der Waals surface area contributed by atoms with Crippen LogP contribution in [0.2, 0.25) is 0 Å². The number of hydrogen-bond donors (Lipinski definition) is 2. The molecule has 0 saturated carbocycles. The Balaban J connectivity index is 0.00000400. The van der Waals surface area contributed by atoms with E-state index in [4.69, 9.17) is 4.74 Å². The molecule has 4 nitrogen and oxygen atoms in total. The number of ether oxygens (including phenoxy) is 1. The fourth-order valence-electron chi connectivity index (χ4n) is 1.60. The van der Waals surface area contributed by atoms with E-state index in [2.05, 4.69) is 46.8 Å². The molecule has 0 unspecified atom stereocenters. The highest BCUT2D eigenvalue weighted by Gasteiger charge is 1.97. The van der Waals surface area contributed by atoms with Crippen molar-refractivity contribution in [2.45, 2.75) is 18.2 Å². The summed E-state index contributed by atoms with van der Waals surface area (Å²) in [6.07, 6.45) is 0.950. The second kappa shape index (κ2) is 14.5. The SMILES string of the molecule is CCNC(=NCCCOC)NCCSc1ccccc1.I. The third-order valence-corrected chi connectivity index (χ3v) is 3.54. The minimum atomic E-state index is 0. The summed E-state index contributed by atoms with van der Waals surface area (Å²) in [6.45, 7) is 5.39. The van der Waals surface area contributed by atoms with Crippen molar-refractivity contribution < 1.29 is 4.74 Å². The molecule has 0 heterocycles. The Morgan fingerprint density at radius 2 is 2.00 bits per heavy atom. The van der Waals surface area contributed by atoms with Gasteiger partial charge in [-0.2, -0.15) is 0 Å². The Morgan fingerprint density at radius 3 is 2.67 bits per heavy atom. The van der Waals surface area contributed by atoms with Crippen LogP contribution in [0.1, 0.15) is 13.3 Å². The van der Waals surface area contributed by atoms with Crippen LogP contribution in [0, 0.1) is 0 Å². The fraction of sp³-hybridized carbons (Fsp3) is 0.533. The first-order valence-electron chi connectivity index (χ1n) is 7.05. The average Bonchev–Trinajstić information content (AvgIpc) is 2.49. The number of halogens is 1. The molecule has 0 aliphatic carbocycles. The molecule has 0 bridgehead atoms. The van der Waals surface area contributed by atoms with Gasteiger partial charge in [-0.1, -0.05) is 18.2 Å². The van der Waals surface area contributed by atoms with Crippen molar-refractivity contribution in [3.8, 4) is 0 Å². The molecule has 0 aromatic heterocycles. The van der Waals surface area contributed by atoms with Crippen LogP contribution in [0.5, 0.6) is 0 Å². The standard InChI is InChI=1S/C15H25N3OS.HI/c1-3-16-15(17-10-7-12-19-2)18-11-13-20-14-8-5-4-6-9-14;/h4-6,8-9H,3,7,10-13H2,1-2H3,(H2,16,17,18);1H. The third kappa shape index (κ3) is 10.8. The highest BCUT2D eigenvalue weighted by atomic mass is 127. The zero-order valence-electron chi connectivity index (χ0n) is 12.8. The first-order chi connectivity index (χ1) is 9.86. The first kappa shape index (κ1) is 20.5. The van der Waals surface area contributed by atoms with Gasteiger partial charge in [-0.25, -0.2) is 0 Å². The minimum absolute atomic E-state index is 0. The number of hydrogen-bond acceptors (Lipinski definition) is 3. The second-order valence-corrected chi connectivity index (χ2v) is 5.36.